The fourth-order valence-electron chi connectivity index (χ4n) is 5.60. The molecule has 3 aliphatic rings. The molecule has 9 heteroatoms. The highest BCUT2D eigenvalue weighted by atomic mass is 16.2. The van der Waals surface area contributed by atoms with Gasteiger partial charge in [0.1, 0.15) is 17.9 Å². The van der Waals surface area contributed by atoms with Gasteiger partial charge in [-0.3, -0.25) is 9.59 Å². The number of hydrogen-bond acceptors (Lipinski definition) is 5. The van der Waals surface area contributed by atoms with Crippen molar-refractivity contribution in [1.29, 1.82) is 0 Å². The lowest BCUT2D eigenvalue weighted by atomic mass is 9.82. The van der Waals surface area contributed by atoms with E-state index >= 15 is 0 Å². The van der Waals surface area contributed by atoms with Crippen molar-refractivity contribution in [1.82, 2.24) is 29.4 Å². The minimum atomic E-state index is -0.980. The van der Waals surface area contributed by atoms with E-state index in [-0.39, 0.29) is 42.1 Å². The van der Waals surface area contributed by atoms with Crippen molar-refractivity contribution < 1.29 is 9.59 Å². The summed E-state index contributed by atoms with van der Waals surface area (Å²) < 4.78 is 2.82. The number of hydrogen-bond donors (Lipinski definition) is 1. The summed E-state index contributed by atoms with van der Waals surface area (Å²) in [5.41, 5.74) is 0.00454. The smallest absolute Gasteiger partial charge is 0.349 e. The predicted molar refractivity (Wildman–Crippen MR) is 122 cm³/mol. The van der Waals surface area contributed by atoms with Crippen molar-refractivity contribution in [3.63, 3.8) is 0 Å². The van der Waals surface area contributed by atoms with Crippen LogP contribution in [0, 0.1) is 0 Å². The van der Waals surface area contributed by atoms with Gasteiger partial charge in [0.05, 0.1) is 11.6 Å². The molecule has 0 bridgehead atoms. The number of benzene rings is 1. The van der Waals surface area contributed by atoms with Crippen LogP contribution in [0.2, 0.25) is 0 Å². The monoisotopic (exact) mass is 448 g/mol. The van der Waals surface area contributed by atoms with E-state index in [1.165, 1.54) is 4.68 Å². The quantitative estimate of drug-likeness (QED) is 0.660. The molecule has 1 saturated heterocycles. The number of piperazine rings is 1. The lowest BCUT2D eigenvalue weighted by Crippen LogP contribution is -2.72. The Labute approximate surface area is 190 Å². The van der Waals surface area contributed by atoms with Crippen molar-refractivity contribution in [2.24, 2.45) is 0 Å². The molecule has 2 saturated carbocycles. The first kappa shape index (κ1) is 20.4. The van der Waals surface area contributed by atoms with E-state index in [0.717, 1.165) is 55.3 Å². The molecule has 6 rings (SSSR count). The third kappa shape index (κ3) is 3.08. The Morgan fingerprint density at radius 1 is 1.12 bits per heavy atom. The van der Waals surface area contributed by atoms with Gasteiger partial charge in [-0.05, 0) is 51.7 Å². The van der Waals surface area contributed by atoms with Gasteiger partial charge in [0.25, 0.3) is 0 Å². The van der Waals surface area contributed by atoms with Gasteiger partial charge in [-0.25, -0.2) is 18.9 Å². The van der Waals surface area contributed by atoms with E-state index in [1.807, 2.05) is 24.3 Å². The number of rotatable bonds is 3. The highest BCUT2D eigenvalue weighted by molar-refractivity contribution is 5.93. The molecule has 3 fully saturated rings. The topological polar surface area (TPSA) is 102 Å². The highest BCUT2D eigenvalue weighted by Gasteiger charge is 2.50. The van der Waals surface area contributed by atoms with Crippen molar-refractivity contribution in [2.45, 2.75) is 82.5 Å². The summed E-state index contributed by atoms with van der Waals surface area (Å²) >= 11 is 0. The Morgan fingerprint density at radius 3 is 2.67 bits per heavy atom. The van der Waals surface area contributed by atoms with Gasteiger partial charge < -0.3 is 10.2 Å². The molecule has 3 aromatic rings. The number of nitrogens with zero attached hydrogens (tertiary/aromatic N) is 5. The third-order valence-corrected chi connectivity index (χ3v) is 7.48. The van der Waals surface area contributed by atoms with E-state index in [9.17, 15) is 14.4 Å². The molecule has 0 radical (unpaired) electrons. The Balaban J connectivity index is 1.43. The molecule has 0 spiro atoms. The first-order chi connectivity index (χ1) is 15.9. The summed E-state index contributed by atoms with van der Waals surface area (Å²) in [4.78, 5) is 46.3. The van der Waals surface area contributed by atoms with E-state index in [4.69, 9.17) is 4.98 Å². The third-order valence-electron chi connectivity index (χ3n) is 7.48. The van der Waals surface area contributed by atoms with E-state index in [1.54, 1.807) is 23.1 Å². The zero-order chi connectivity index (χ0) is 22.9. The first-order valence-corrected chi connectivity index (χ1v) is 11.9. The van der Waals surface area contributed by atoms with Crippen LogP contribution in [0.1, 0.15) is 64.1 Å². The largest absolute Gasteiger partial charge is 0.352 e. The average Bonchev–Trinajstić information content (AvgIpc) is 3.59. The Morgan fingerprint density at radius 2 is 1.88 bits per heavy atom. The second-order valence-corrected chi connectivity index (χ2v) is 10.1. The highest BCUT2D eigenvalue weighted by Crippen LogP contribution is 2.39. The molecule has 9 nitrogen and oxygen atoms in total. The maximum absolute atomic E-state index is 13.6. The number of fused-ring (bicyclic) bond motifs is 4. The minimum absolute atomic E-state index is 0.0318. The van der Waals surface area contributed by atoms with Gasteiger partial charge >= 0.3 is 5.69 Å². The van der Waals surface area contributed by atoms with Crippen LogP contribution in [0.15, 0.2) is 29.1 Å². The Bertz CT molecular complexity index is 1350. The van der Waals surface area contributed by atoms with Gasteiger partial charge in [-0.1, -0.05) is 25.0 Å². The van der Waals surface area contributed by atoms with Crippen LogP contribution in [-0.4, -0.2) is 53.5 Å². The van der Waals surface area contributed by atoms with Gasteiger partial charge in [0.15, 0.2) is 5.65 Å². The molecule has 1 aromatic carbocycles. The molecule has 33 heavy (non-hydrogen) atoms. The van der Waals surface area contributed by atoms with Gasteiger partial charge in [0.2, 0.25) is 11.8 Å². The van der Waals surface area contributed by atoms with Crippen LogP contribution in [-0.2, 0) is 16.1 Å². The summed E-state index contributed by atoms with van der Waals surface area (Å²) in [6.07, 6.45) is 5.77. The van der Waals surface area contributed by atoms with Gasteiger partial charge in [0, 0.05) is 17.3 Å². The molecule has 3 heterocycles. The van der Waals surface area contributed by atoms with Gasteiger partial charge in [-0.2, -0.15) is 0 Å². The van der Waals surface area contributed by atoms with E-state index in [2.05, 4.69) is 10.4 Å². The fraction of sp³-hybridized carbons (Fsp3) is 0.542. The molecule has 2 aromatic heterocycles. The molecule has 2 unspecified atom stereocenters. The normalized spacial score (nSPS) is 24.7. The standard InChI is InChI=1S/C24H28N6O3/c1-24(2)22(32)26-17-9-5-6-10-18(17)30(24)19(31)13-28-23(33)29-20(14-11-12-14)25-16-8-4-3-7-15(16)21(29)27-28/h3-4,7-8,14,17-18H,5-6,9-13H2,1-2H3,(H,26,32). The number of amides is 2. The SMILES string of the molecule is CC1(C)C(=O)NC2CCCCC2N1C(=O)Cn1nc2c3ccccc3nc(C3CC3)n2c1=O. The first-order valence-electron chi connectivity index (χ1n) is 11.9. The summed E-state index contributed by atoms with van der Waals surface area (Å²) in [6, 6.07) is 7.55. The predicted octanol–water partition coefficient (Wildman–Crippen LogP) is 1.97. The fourth-order valence-corrected chi connectivity index (χ4v) is 5.60. The second-order valence-electron chi connectivity index (χ2n) is 10.1. The molecule has 2 amide bonds. The van der Waals surface area contributed by atoms with Crippen molar-refractivity contribution in [2.75, 3.05) is 0 Å². The Kier molecular flexibility index (Phi) is 4.41. The van der Waals surface area contributed by atoms with Crippen LogP contribution in [0.4, 0.5) is 0 Å². The number of carbonyl (C=O) groups excluding carboxylic acids is 2. The average molecular weight is 449 g/mol. The Hall–Kier alpha value is -3.23. The molecule has 2 aliphatic carbocycles. The van der Waals surface area contributed by atoms with Crippen LogP contribution >= 0.6 is 0 Å². The van der Waals surface area contributed by atoms with Crippen molar-refractivity contribution in [3.8, 4) is 0 Å². The van der Waals surface area contributed by atoms with E-state index in [0.29, 0.717) is 5.65 Å². The maximum Gasteiger partial charge on any atom is 0.352 e. The van der Waals surface area contributed by atoms with Gasteiger partial charge in [-0.15, -0.1) is 5.10 Å². The molecule has 1 aliphatic heterocycles. The molecular formula is C24H28N6O3. The number of nitrogens with one attached hydrogen (secondary N) is 1. The second kappa shape index (κ2) is 7.13. The van der Waals surface area contributed by atoms with Crippen LogP contribution in [0.5, 0.6) is 0 Å². The molecule has 172 valence electrons. The summed E-state index contributed by atoms with van der Waals surface area (Å²) in [6.45, 7) is 3.36. The minimum Gasteiger partial charge on any atom is -0.349 e. The number of para-hydroxylation sites is 1. The van der Waals surface area contributed by atoms with Crippen LogP contribution in [0.3, 0.4) is 0 Å². The zero-order valence-corrected chi connectivity index (χ0v) is 19.0. The lowest BCUT2D eigenvalue weighted by Gasteiger charge is -2.52. The summed E-state index contributed by atoms with van der Waals surface area (Å²) in [5.74, 6) is 0.573. The number of carbonyl (C=O) groups is 2. The van der Waals surface area contributed by atoms with Crippen LogP contribution in [0.25, 0.3) is 16.6 Å². The van der Waals surface area contributed by atoms with E-state index < -0.39 is 5.54 Å². The molecule has 2 atom stereocenters. The number of aromatic nitrogens is 4. The van der Waals surface area contributed by atoms with Crippen LogP contribution < -0.4 is 11.0 Å². The zero-order valence-electron chi connectivity index (χ0n) is 19.0. The summed E-state index contributed by atoms with van der Waals surface area (Å²) in [7, 11) is 0. The molecule has 1 N–H and O–H groups in total. The lowest BCUT2D eigenvalue weighted by molar-refractivity contribution is -0.158. The van der Waals surface area contributed by atoms with Crippen molar-refractivity contribution >= 4 is 28.4 Å². The van der Waals surface area contributed by atoms with Crippen molar-refractivity contribution in [3.05, 3.63) is 40.6 Å². The maximum atomic E-state index is 13.6. The summed E-state index contributed by atoms with van der Waals surface area (Å²) in [5, 5.41) is 8.49. The molecular weight excluding hydrogens is 420 g/mol.